The van der Waals surface area contributed by atoms with Crippen molar-refractivity contribution >= 4 is 0 Å². The van der Waals surface area contributed by atoms with E-state index in [0.29, 0.717) is 6.04 Å². The molecule has 0 unspecified atom stereocenters. The first kappa shape index (κ1) is 12.4. The van der Waals surface area contributed by atoms with Crippen LogP contribution in [0.2, 0.25) is 0 Å². The SMILES string of the molecule is COc1ccc(CCNCC2CC(N)C2)cc1. The van der Waals surface area contributed by atoms with Gasteiger partial charge in [0, 0.05) is 6.04 Å². The van der Waals surface area contributed by atoms with Crippen molar-refractivity contribution < 1.29 is 4.74 Å². The molecule has 0 bridgehead atoms. The van der Waals surface area contributed by atoms with Gasteiger partial charge in [0.1, 0.15) is 5.75 Å². The van der Waals surface area contributed by atoms with Crippen LogP contribution in [-0.4, -0.2) is 26.2 Å². The van der Waals surface area contributed by atoms with Crippen molar-refractivity contribution in [1.29, 1.82) is 0 Å². The van der Waals surface area contributed by atoms with Crippen molar-refractivity contribution in [2.24, 2.45) is 11.7 Å². The molecule has 3 heteroatoms. The van der Waals surface area contributed by atoms with Gasteiger partial charge in [-0.1, -0.05) is 12.1 Å². The topological polar surface area (TPSA) is 47.3 Å². The summed E-state index contributed by atoms with van der Waals surface area (Å²) in [5, 5.41) is 3.50. The van der Waals surface area contributed by atoms with Gasteiger partial charge in [0.15, 0.2) is 0 Å². The minimum atomic E-state index is 0.461. The summed E-state index contributed by atoms with van der Waals surface area (Å²) in [6.07, 6.45) is 3.45. The van der Waals surface area contributed by atoms with E-state index < -0.39 is 0 Å². The fourth-order valence-corrected chi connectivity index (χ4v) is 2.29. The molecule has 1 fully saturated rings. The summed E-state index contributed by atoms with van der Waals surface area (Å²) in [7, 11) is 1.69. The highest BCUT2D eigenvalue weighted by atomic mass is 16.5. The Labute approximate surface area is 103 Å². The highest BCUT2D eigenvalue weighted by molar-refractivity contribution is 5.27. The highest BCUT2D eigenvalue weighted by Gasteiger charge is 2.24. The van der Waals surface area contributed by atoms with E-state index in [-0.39, 0.29) is 0 Å². The molecule has 1 saturated carbocycles. The first-order valence-electron chi connectivity index (χ1n) is 6.37. The fraction of sp³-hybridized carbons (Fsp3) is 0.571. The summed E-state index contributed by atoms with van der Waals surface area (Å²) >= 11 is 0. The molecule has 0 amide bonds. The van der Waals surface area contributed by atoms with Gasteiger partial charge in [0.25, 0.3) is 0 Å². The predicted octanol–water partition coefficient (Wildman–Crippen LogP) is 1.56. The number of hydrogen-bond acceptors (Lipinski definition) is 3. The fourth-order valence-electron chi connectivity index (χ4n) is 2.29. The molecule has 94 valence electrons. The maximum atomic E-state index is 5.75. The van der Waals surface area contributed by atoms with Crippen LogP contribution < -0.4 is 15.8 Å². The van der Waals surface area contributed by atoms with Gasteiger partial charge in [-0.2, -0.15) is 0 Å². The number of nitrogens with one attached hydrogen (secondary N) is 1. The molecule has 2 rings (SSSR count). The first-order chi connectivity index (χ1) is 8.28. The molecule has 17 heavy (non-hydrogen) atoms. The summed E-state index contributed by atoms with van der Waals surface area (Å²) in [5.74, 6) is 1.73. The molecule has 0 heterocycles. The summed E-state index contributed by atoms with van der Waals surface area (Å²) < 4.78 is 5.13. The van der Waals surface area contributed by atoms with E-state index in [2.05, 4.69) is 17.4 Å². The number of ether oxygens (including phenoxy) is 1. The Balaban J connectivity index is 1.61. The van der Waals surface area contributed by atoms with Crippen LogP contribution in [0.25, 0.3) is 0 Å². The van der Waals surface area contributed by atoms with Crippen LogP contribution >= 0.6 is 0 Å². The van der Waals surface area contributed by atoms with Crippen LogP contribution in [-0.2, 0) is 6.42 Å². The smallest absolute Gasteiger partial charge is 0.118 e. The van der Waals surface area contributed by atoms with E-state index in [1.165, 1.54) is 18.4 Å². The van der Waals surface area contributed by atoms with E-state index in [4.69, 9.17) is 10.5 Å². The van der Waals surface area contributed by atoms with Gasteiger partial charge in [-0.3, -0.25) is 0 Å². The first-order valence-corrected chi connectivity index (χ1v) is 6.37. The Bertz CT molecular complexity index is 331. The molecule has 0 atom stereocenters. The number of rotatable bonds is 6. The van der Waals surface area contributed by atoms with Crippen LogP contribution in [0.15, 0.2) is 24.3 Å². The lowest BCUT2D eigenvalue weighted by molar-refractivity contribution is 0.257. The molecule has 1 aliphatic carbocycles. The summed E-state index contributed by atoms with van der Waals surface area (Å²) in [5.41, 5.74) is 7.10. The Kier molecular flexibility index (Phi) is 4.40. The van der Waals surface area contributed by atoms with Crippen molar-refractivity contribution in [1.82, 2.24) is 5.32 Å². The van der Waals surface area contributed by atoms with Crippen LogP contribution in [0.3, 0.4) is 0 Å². The van der Waals surface area contributed by atoms with E-state index in [0.717, 1.165) is 31.2 Å². The molecule has 1 aromatic rings. The number of benzene rings is 1. The molecule has 1 aromatic carbocycles. The summed E-state index contributed by atoms with van der Waals surface area (Å²) in [4.78, 5) is 0. The number of methoxy groups -OCH3 is 1. The molecule has 1 aliphatic rings. The van der Waals surface area contributed by atoms with Crippen molar-refractivity contribution in [3.8, 4) is 5.75 Å². The molecule has 3 N–H and O–H groups in total. The Hall–Kier alpha value is -1.06. The molecule has 3 nitrogen and oxygen atoms in total. The third kappa shape index (κ3) is 3.72. The van der Waals surface area contributed by atoms with E-state index in [9.17, 15) is 0 Å². The van der Waals surface area contributed by atoms with Crippen molar-refractivity contribution in [3.05, 3.63) is 29.8 Å². The van der Waals surface area contributed by atoms with E-state index in [1.807, 2.05) is 12.1 Å². The maximum absolute atomic E-state index is 5.75. The molecular weight excluding hydrogens is 212 g/mol. The lowest BCUT2D eigenvalue weighted by atomic mass is 9.81. The normalized spacial score (nSPS) is 23.2. The summed E-state index contributed by atoms with van der Waals surface area (Å²) in [6.45, 7) is 2.15. The van der Waals surface area contributed by atoms with Gasteiger partial charge >= 0.3 is 0 Å². The van der Waals surface area contributed by atoms with Crippen LogP contribution in [0.1, 0.15) is 18.4 Å². The van der Waals surface area contributed by atoms with Crippen molar-refractivity contribution in [2.75, 3.05) is 20.2 Å². The summed E-state index contributed by atoms with van der Waals surface area (Å²) in [6, 6.07) is 8.74. The second-order valence-electron chi connectivity index (χ2n) is 4.90. The van der Waals surface area contributed by atoms with Gasteiger partial charge in [-0.25, -0.2) is 0 Å². The van der Waals surface area contributed by atoms with Gasteiger partial charge < -0.3 is 15.8 Å². The maximum Gasteiger partial charge on any atom is 0.118 e. The van der Waals surface area contributed by atoms with Crippen LogP contribution in [0, 0.1) is 5.92 Å². The molecule has 0 spiro atoms. The Morgan fingerprint density at radius 3 is 2.59 bits per heavy atom. The lowest BCUT2D eigenvalue weighted by Crippen LogP contribution is -2.41. The standard InChI is InChI=1S/C14H22N2O/c1-17-14-4-2-11(3-5-14)6-7-16-10-12-8-13(15)9-12/h2-5,12-13,16H,6-10,15H2,1H3. The zero-order chi connectivity index (χ0) is 12.1. The predicted molar refractivity (Wildman–Crippen MR) is 70.3 cm³/mol. The van der Waals surface area contributed by atoms with Crippen LogP contribution in [0.5, 0.6) is 5.75 Å². The average molecular weight is 234 g/mol. The van der Waals surface area contributed by atoms with Gasteiger partial charge in [0.2, 0.25) is 0 Å². The van der Waals surface area contributed by atoms with Crippen molar-refractivity contribution in [3.63, 3.8) is 0 Å². The van der Waals surface area contributed by atoms with E-state index in [1.54, 1.807) is 7.11 Å². The zero-order valence-corrected chi connectivity index (χ0v) is 10.5. The van der Waals surface area contributed by atoms with E-state index >= 15 is 0 Å². The molecule has 0 saturated heterocycles. The van der Waals surface area contributed by atoms with Gasteiger partial charge in [-0.05, 0) is 56.0 Å². The Morgan fingerprint density at radius 2 is 2.00 bits per heavy atom. The minimum absolute atomic E-state index is 0.461. The second-order valence-corrected chi connectivity index (χ2v) is 4.90. The molecule has 0 aromatic heterocycles. The third-order valence-corrected chi connectivity index (χ3v) is 3.45. The number of hydrogen-bond donors (Lipinski definition) is 2. The van der Waals surface area contributed by atoms with Gasteiger partial charge in [0.05, 0.1) is 7.11 Å². The zero-order valence-electron chi connectivity index (χ0n) is 10.5. The third-order valence-electron chi connectivity index (χ3n) is 3.45. The highest BCUT2D eigenvalue weighted by Crippen LogP contribution is 2.24. The van der Waals surface area contributed by atoms with Gasteiger partial charge in [-0.15, -0.1) is 0 Å². The molecule has 0 aliphatic heterocycles. The van der Waals surface area contributed by atoms with Crippen LogP contribution in [0.4, 0.5) is 0 Å². The average Bonchev–Trinajstić information content (AvgIpc) is 2.32. The second kappa shape index (κ2) is 6.03. The quantitative estimate of drug-likeness (QED) is 0.734. The number of nitrogens with two attached hydrogens (primary N) is 1. The minimum Gasteiger partial charge on any atom is -0.497 e. The molecular formula is C14H22N2O. The Morgan fingerprint density at radius 1 is 1.29 bits per heavy atom. The lowest BCUT2D eigenvalue weighted by Gasteiger charge is -2.32. The monoisotopic (exact) mass is 234 g/mol. The largest absolute Gasteiger partial charge is 0.497 e. The molecule has 0 radical (unpaired) electrons. The van der Waals surface area contributed by atoms with Crippen molar-refractivity contribution in [2.45, 2.75) is 25.3 Å².